The predicted octanol–water partition coefficient (Wildman–Crippen LogP) is -0.844. The molecule has 0 unspecified atom stereocenters. The van der Waals surface area contributed by atoms with E-state index >= 15 is 0 Å². The zero-order valence-corrected chi connectivity index (χ0v) is 8.19. The largest absolute Gasteiger partial charge is 3.00 e. The molecule has 1 aromatic carbocycles. The van der Waals surface area contributed by atoms with Crippen LogP contribution < -0.4 is 12.4 Å². The first-order chi connectivity index (χ1) is 4.00. The molecule has 0 heterocycles. The van der Waals surface area contributed by atoms with Crippen LogP contribution in [0, 0.1) is 6.08 Å². The van der Waals surface area contributed by atoms with E-state index in [4.69, 9.17) is 0 Å². The molecule has 2 heteroatoms. The van der Waals surface area contributed by atoms with Crippen LogP contribution in [0.15, 0.2) is 36.4 Å². The normalized spacial score (nSPS) is 9.60. The van der Waals surface area contributed by atoms with Gasteiger partial charge in [-0.2, -0.15) is 18.2 Å². The van der Waals surface area contributed by atoms with E-state index in [9.17, 15) is 0 Å². The molecule has 0 radical (unpaired) electrons. The van der Waals surface area contributed by atoms with Crippen LogP contribution in [0.3, 0.4) is 0 Å². The molecule has 0 amide bonds. The van der Waals surface area contributed by atoms with Crippen molar-refractivity contribution in [3.05, 3.63) is 42.5 Å². The van der Waals surface area contributed by atoms with Crippen LogP contribution >= 0.6 is 0 Å². The summed E-state index contributed by atoms with van der Waals surface area (Å²) in [5, 5.41) is 0. The van der Waals surface area contributed by atoms with Gasteiger partial charge in [0.1, 0.15) is 0 Å². The fraction of sp³-hybridized carbons (Fsp3) is 0.125. The molecule has 1 aliphatic carbocycles. The van der Waals surface area contributed by atoms with E-state index in [1.54, 1.807) is 0 Å². The second-order valence-corrected chi connectivity index (χ2v) is 1.57. The van der Waals surface area contributed by atoms with Crippen LogP contribution in [-0.4, -0.2) is 0 Å². The molecule has 0 saturated carbocycles. The van der Waals surface area contributed by atoms with E-state index in [1.165, 1.54) is 0 Å². The summed E-state index contributed by atoms with van der Waals surface area (Å²) < 4.78 is 0. The number of hydrogen-bond acceptors (Lipinski definition) is 0. The van der Waals surface area contributed by atoms with Gasteiger partial charge in [0.15, 0.2) is 0 Å². The first-order valence-corrected chi connectivity index (χ1v) is 2.72. The maximum Gasteiger partial charge on any atom is 3.00 e. The average Bonchev–Trinajstić information content (AvgIpc) is 2.55. The zero-order valence-electron chi connectivity index (χ0n) is 5.63. The van der Waals surface area contributed by atoms with Gasteiger partial charge < -0.3 is 18.5 Å². The molecule has 1 aliphatic rings. The molecule has 0 spiro atoms. The second kappa shape index (κ2) is 9.25. The minimum atomic E-state index is 0. The molecule has 50 valence electrons. The Morgan fingerprint density at radius 3 is 1.70 bits per heavy atom. The third kappa shape index (κ3) is 11.1. The van der Waals surface area contributed by atoms with Crippen molar-refractivity contribution in [2.75, 3.05) is 0 Å². The average molecular weight is 185 g/mol. The summed E-state index contributed by atoms with van der Waals surface area (Å²) in [6.45, 7) is 0. The smallest absolute Gasteiger partial charge is 1.00 e. The van der Waals surface area contributed by atoms with E-state index in [-0.39, 0.29) is 38.3 Å². The summed E-state index contributed by atoms with van der Waals surface area (Å²) in [5.74, 6) is 0. The van der Waals surface area contributed by atoms with E-state index in [0.717, 1.165) is 6.42 Å². The van der Waals surface area contributed by atoms with Crippen molar-refractivity contribution in [3.63, 3.8) is 0 Å². The Hall–Kier alpha value is 0.250. The monoisotopic (exact) mass is 184 g/mol. The Balaban J connectivity index is 0. The van der Waals surface area contributed by atoms with Gasteiger partial charge in [0, 0.05) is 0 Å². The van der Waals surface area contributed by atoms with E-state index in [1.807, 2.05) is 36.4 Å². The van der Waals surface area contributed by atoms with Crippen molar-refractivity contribution in [1.82, 2.24) is 0 Å². The van der Waals surface area contributed by atoms with Gasteiger partial charge >= 0.3 is 25.8 Å². The molecule has 0 aliphatic heterocycles. The van der Waals surface area contributed by atoms with Gasteiger partial charge in [-0.1, -0.05) is 0 Å². The van der Waals surface area contributed by atoms with Gasteiger partial charge in [0.2, 0.25) is 0 Å². The molecule has 0 fully saturated rings. The molecule has 0 atom stereocenters. The molecule has 0 saturated heterocycles. The summed E-state index contributed by atoms with van der Waals surface area (Å²) in [7, 11) is 0. The number of hydrogen-bond donors (Lipinski definition) is 0. The topological polar surface area (TPSA) is 0 Å². The van der Waals surface area contributed by atoms with Crippen molar-refractivity contribution in [2.24, 2.45) is 0 Å². The summed E-state index contributed by atoms with van der Waals surface area (Å²) in [5.41, 5.74) is 0. The molecule has 0 bridgehead atoms. The Morgan fingerprint density at radius 2 is 1.60 bits per heavy atom. The summed E-state index contributed by atoms with van der Waals surface area (Å²) in [6, 6.07) is 10.0. The van der Waals surface area contributed by atoms with Crippen molar-refractivity contribution in [1.29, 1.82) is 0 Å². The maximum absolute atomic E-state index is 2.88. The number of rotatable bonds is 0. The van der Waals surface area contributed by atoms with Gasteiger partial charge in [0.05, 0.1) is 0 Å². The SMILES string of the molecule is [C-]1=CC1.[Cl-].[Sc+3].c1cc[cH-]c1. The Kier molecular flexibility index (Phi) is 11.9. The third-order valence-corrected chi connectivity index (χ3v) is 0.760. The molecule has 1 aromatic rings. The van der Waals surface area contributed by atoms with Crippen molar-refractivity contribution < 1.29 is 38.3 Å². The quantitative estimate of drug-likeness (QED) is 0.461. The molecule has 0 aromatic heterocycles. The van der Waals surface area contributed by atoms with E-state index in [0.29, 0.717) is 0 Å². The molecule has 2 rings (SSSR count). The number of allylic oxidation sites excluding steroid dienone is 2. The summed E-state index contributed by atoms with van der Waals surface area (Å²) in [4.78, 5) is 0. The minimum absolute atomic E-state index is 0. The van der Waals surface area contributed by atoms with Crippen LogP contribution in [0.1, 0.15) is 6.42 Å². The summed E-state index contributed by atoms with van der Waals surface area (Å²) >= 11 is 0. The Labute approximate surface area is 86.9 Å². The summed E-state index contributed by atoms with van der Waals surface area (Å²) in [6.07, 6.45) is 6.00. The van der Waals surface area contributed by atoms with Gasteiger partial charge in [-0.05, 0) is 0 Å². The molecule has 0 N–H and O–H groups in total. The first kappa shape index (κ1) is 12.9. The molecule has 10 heavy (non-hydrogen) atoms. The van der Waals surface area contributed by atoms with E-state index < -0.39 is 0 Å². The Morgan fingerprint density at radius 1 is 1.20 bits per heavy atom. The molecule has 0 nitrogen and oxygen atoms in total. The van der Waals surface area contributed by atoms with Crippen molar-refractivity contribution in [2.45, 2.75) is 6.42 Å². The fourth-order valence-corrected chi connectivity index (χ4v) is 0.321. The van der Waals surface area contributed by atoms with Crippen LogP contribution in [0.4, 0.5) is 0 Å². The van der Waals surface area contributed by atoms with Gasteiger partial charge in [-0.25, -0.2) is 18.6 Å². The van der Waals surface area contributed by atoms with Crippen LogP contribution in [0.2, 0.25) is 0 Å². The predicted molar refractivity (Wildman–Crippen MR) is 34.5 cm³/mol. The molecular weight excluding hydrogens is 176 g/mol. The zero-order chi connectivity index (χ0) is 5.66. The van der Waals surface area contributed by atoms with Crippen LogP contribution in [0.25, 0.3) is 0 Å². The van der Waals surface area contributed by atoms with Gasteiger partial charge in [0.25, 0.3) is 0 Å². The maximum atomic E-state index is 2.88. The van der Waals surface area contributed by atoms with Crippen molar-refractivity contribution in [3.8, 4) is 0 Å². The van der Waals surface area contributed by atoms with Crippen LogP contribution in [-0.2, 0) is 25.8 Å². The Bertz CT molecular complexity index is 123. The first-order valence-electron chi connectivity index (χ1n) is 2.72. The standard InChI is InChI=1S/C5H5.C3H3.ClH.Sc/c1-2-4-5-3-1;1-2-3-1;;/h1-5H;1H,2H2;1H;/q2*-1;;+3/p-1. The minimum Gasteiger partial charge on any atom is -1.00 e. The second-order valence-electron chi connectivity index (χ2n) is 1.57. The molecular formula is C8H8ClSc. The van der Waals surface area contributed by atoms with Crippen LogP contribution in [0.5, 0.6) is 0 Å². The fourth-order valence-electron chi connectivity index (χ4n) is 0.321. The van der Waals surface area contributed by atoms with Crippen molar-refractivity contribution >= 4 is 0 Å². The van der Waals surface area contributed by atoms with Gasteiger partial charge in [-0.15, -0.1) is 0 Å². The van der Waals surface area contributed by atoms with E-state index in [2.05, 4.69) is 6.08 Å². The third-order valence-electron chi connectivity index (χ3n) is 0.760. The van der Waals surface area contributed by atoms with Gasteiger partial charge in [-0.3, -0.25) is 6.08 Å². The number of halogens is 1.